The van der Waals surface area contributed by atoms with Crippen LogP contribution in [-0.4, -0.2) is 22.2 Å². The minimum atomic E-state index is -0.814. The Morgan fingerprint density at radius 1 is 1.23 bits per heavy atom. The largest absolute Gasteiger partial charge is 0.379 e. The number of hydrogen-bond acceptors (Lipinski definition) is 3. The van der Waals surface area contributed by atoms with Crippen LogP contribution in [0, 0.1) is 0 Å². The molecule has 0 heterocycles. The number of aliphatic hydroxyl groups is 2. The fraction of sp³-hybridized carbons (Fsp3) is 1.00. The van der Waals surface area contributed by atoms with Crippen LogP contribution in [0.3, 0.4) is 0 Å². The summed E-state index contributed by atoms with van der Waals surface area (Å²) in [6.07, 6.45) is 6.12. The summed E-state index contributed by atoms with van der Waals surface area (Å²) in [5.41, 5.74) is -0.814. The predicted molar refractivity (Wildman–Crippen MR) is 52.1 cm³/mol. The second kappa shape index (κ2) is 4.94. The van der Waals surface area contributed by atoms with Crippen molar-refractivity contribution in [1.82, 2.24) is 5.32 Å². The zero-order valence-corrected chi connectivity index (χ0v) is 8.42. The van der Waals surface area contributed by atoms with Gasteiger partial charge in [-0.05, 0) is 32.1 Å². The van der Waals surface area contributed by atoms with E-state index in [0.717, 1.165) is 25.7 Å². The summed E-state index contributed by atoms with van der Waals surface area (Å²) in [4.78, 5) is 0. The number of aliphatic hydroxyl groups excluding tert-OH is 1. The molecule has 0 saturated heterocycles. The van der Waals surface area contributed by atoms with Gasteiger partial charge in [-0.15, -0.1) is 0 Å². The van der Waals surface area contributed by atoms with Crippen LogP contribution < -0.4 is 5.32 Å². The van der Waals surface area contributed by atoms with E-state index in [0.29, 0.717) is 6.42 Å². The lowest BCUT2D eigenvalue weighted by Crippen LogP contribution is -2.49. The molecule has 1 fully saturated rings. The monoisotopic (exact) mass is 187 g/mol. The first-order valence-corrected chi connectivity index (χ1v) is 5.34. The summed E-state index contributed by atoms with van der Waals surface area (Å²) < 4.78 is 0. The third-order valence-corrected chi connectivity index (χ3v) is 2.75. The van der Waals surface area contributed by atoms with Crippen molar-refractivity contribution in [2.24, 2.45) is 0 Å². The Bertz CT molecular complexity index is 142. The van der Waals surface area contributed by atoms with Gasteiger partial charge in [-0.25, -0.2) is 0 Å². The summed E-state index contributed by atoms with van der Waals surface area (Å²) in [5, 5.41) is 22.4. The Morgan fingerprint density at radius 2 is 1.77 bits per heavy atom. The SMILES string of the molecule is CCC(O)NC1(O)CCCCCC1. The molecule has 0 spiro atoms. The van der Waals surface area contributed by atoms with Crippen molar-refractivity contribution in [2.75, 3.05) is 0 Å². The van der Waals surface area contributed by atoms with Gasteiger partial charge in [0.1, 0.15) is 12.0 Å². The van der Waals surface area contributed by atoms with Gasteiger partial charge in [0.2, 0.25) is 0 Å². The number of nitrogens with one attached hydrogen (secondary N) is 1. The highest BCUT2D eigenvalue weighted by Crippen LogP contribution is 2.25. The molecule has 1 atom stereocenters. The average Bonchev–Trinajstić information content (AvgIpc) is 2.30. The highest BCUT2D eigenvalue weighted by atomic mass is 16.3. The molecule has 1 saturated carbocycles. The predicted octanol–water partition coefficient (Wildman–Crippen LogP) is 1.35. The normalized spacial score (nSPS) is 25.2. The Labute approximate surface area is 80.2 Å². The van der Waals surface area contributed by atoms with E-state index in [4.69, 9.17) is 0 Å². The minimum Gasteiger partial charge on any atom is -0.379 e. The molecule has 0 aliphatic heterocycles. The molecule has 3 N–H and O–H groups in total. The highest BCUT2D eigenvalue weighted by molar-refractivity contribution is 4.79. The fourth-order valence-electron chi connectivity index (χ4n) is 1.87. The van der Waals surface area contributed by atoms with Crippen molar-refractivity contribution >= 4 is 0 Å². The van der Waals surface area contributed by atoms with Gasteiger partial charge in [0, 0.05) is 0 Å². The first-order valence-electron chi connectivity index (χ1n) is 5.34. The van der Waals surface area contributed by atoms with Gasteiger partial charge in [0.05, 0.1) is 0 Å². The molecule has 1 aliphatic rings. The van der Waals surface area contributed by atoms with Gasteiger partial charge in [-0.3, -0.25) is 5.32 Å². The Kier molecular flexibility index (Phi) is 4.16. The smallest absolute Gasteiger partial charge is 0.117 e. The van der Waals surface area contributed by atoms with E-state index in [2.05, 4.69) is 5.32 Å². The molecule has 1 aliphatic carbocycles. The molecule has 0 aromatic rings. The van der Waals surface area contributed by atoms with Crippen LogP contribution in [0.15, 0.2) is 0 Å². The van der Waals surface area contributed by atoms with Crippen LogP contribution in [0.1, 0.15) is 51.9 Å². The number of rotatable bonds is 3. The fourth-order valence-corrected chi connectivity index (χ4v) is 1.87. The third kappa shape index (κ3) is 3.63. The maximum absolute atomic E-state index is 10.1. The van der Waals surface area contributed by atoms with Crippen molar-refractivity contribution in [3.05, 3.63) is 0 Å². The van der Waals surface area contributed by atoms with E-state index in [9.17, 15) is 10.2 Å². The molecular formula is C10H21NO2. The van der Waals surface area contributed by atoms with Gasteiger partial charge < -0.3 is 10.2 Å². The summed E-state index contributed by atoms with van der Waals surface area (Å²) in [6, 6.07) is 0. The molecule has 1 unspecified atom stereocenters. The third-order valence-electron chi connectivity index (χ3n) is 2.75. The quantitative estimate of drug-likeness (QED) is 0.462. The van der Waals surface area contributed by atoms with Crippen molar-refractivity contribution in [1.29, 1.82) is 0 Å². The number of hydrogen-bond donors (Lipinski definition) is 3. The van der Waals surface area contributed by atoms with E-state index < -0.39 is 12.0 Å². The van der Waals surface area contributed by atoms with Gasteiger partial charge in [0.25, 0.3) is 0 Å². The molecule has 1 rings (SSSR count). The molecule has 0 aromatic carbocycles. The van der Waals surface area contributed by atoms with Crippen LogP contribution in [0.5, 0.6) is 0 Å². The summed E-state index contributed by atoms with van der Waals surface area (Å²) in [5.74, 6) is 0. The first-order chi connectivity index (χ1) is 6.16. The molecule has 0 radical (unpaired) electrons. The summed E-state index contributed by atoms with van der Waals surface area (Å²) in [7, 11) is 0. The Morgan fingerprint density at radius 3 is 2.23 bits per heavy atom. The summed E-state index contributed by atoms with van der Waals surface area (Å²) >= 11 is 0. The van der Waals surface area contributed by atoms with Crippen LogP contribution in [-0.2, 0) is 0 Å². The molecule has 13 heavy (non-hydrogen) atoms. The minimum absolute atomic E-state index is 0.567. The lowest BCUT2D eigenvalue weighted by molar-refractivity contribution is -0.0575. The van der Waals surface area contributed by atoms with Crippen LogP contribution >= 0.6 is 0 Å². The maximum Gasteiger partial charge on any atom is 0.117 e. The van der Waals surface area contributed by atoms with E-state index in [1.165, 1.54) is 12.8 Å². The second-order valence-corrected chi connectivity index (χ2v) is 4.01. The molecule has 3 heteroatoms. The zero-order chi connectivity index (χ0) is 9.73. The van der Waals surface area contributed by atoms with E-state index >= 15 is 0 Å². The van der Waals surface area contributed by atoms with Crippen molar-refractivity contribution in [2.45, 2.75) is 63.8 Å². The Hall–Kier alpha value is -0.120. The van der Waals surface area contributed by atoms with E-state index in [1.807, 2.05) is 6.92 Å². The van der Waals surface area contributed by atoms with Gasteiger partial charge in [-0.1, -0.05) is 19.8 Å². The van der Waals surface area contributed by atoms with E-state index in [-0.39, 0.29) is 0 Å². The molecule has 3 nitrogen and oxygen atoms in total. The van der Waals surface area contributed by atoms with E-state index in [1.54, 1.807) is 0 Å². The molecule has 78 valence electrons. The molecule has 0 amide bonds. The molecule has 0 aromatic heterocycles. The average molecular weight is 187 g/mol. The second-order valence-electron chi connectivity index (χ2n) is 4.01. The standard InChI is InChI=1S/C10H21NO2/c1-2-9(12)11-10(13)7-5-3-4-6-8-10/h9,11-13H,2-8H2,1H3. The van der Waals surface area contributed by atoms with Crippen molar-refractivity contribution < 1.29 is 10.2 Å². The van der Waals surface area contributed by atoms with Crippen molar-refractivity contribution in [3.63, 3.8) is 0 Å². The first kappa shape index (κ1) is 11.0. The van der Waals surface area contributed by atoms with Gasteiger partial charge in [-0.2, -0.15) is 0 Å². The molecule has 0 bridgehead atoms. The lowest BCUT2D eigenvalue weighted by atomic mass is 10.0. The van der Waals surface area contributed by atoms with Crippen molar-refractivity contribution in [3.8, 4) is 0 Å². The van der Waals surface area contributed by atoms with Crippen LogP contribution in [0.25, 0.3) is 0 Å². The Balaban J connectivity index is 2.41. The topological polar surface area (TPSA) is 52.5 Å². The lowest BCUT2D eigenvalue weighted by Gasteiger charge is -2.30. The highest BCUT2D eigenvalue weighted by Gasteiger charge is 2.28. The maximum atomic E-state index is 10.1. The van der Waals surface area contributed by atoms with Gasteiger partial charge >= 0.3 is 0 Å². The van der Waals surface area contributed by atoms with Gasteiger partial charge in [0.15, 0.2) is 0 Å². The zero-order valence-electron chi connectivity index (χ0n) is 8.42. The van der Waals surface area contributed by atoms with Crippen LogP contribution in [0.4, 0.5) is 0 Å². The molecular weight excluding hydrogens is 166 g/mol. The van der Waals surface area contributed by atoms with Crippen LogP contribution in [0.2, 0.25) is 0 Å². The summed E-state index contributed by atoms with van der Waals surface area (Å²) in [6.45, 7) is 1.90.